The fourth-order valence-electron chi connectivity index (χ4n) is 2.74. The van der Waals surface area contributed by atoms with Crippen molar-refractivity contribution in [3.8, 4) is 11.5 Å². The van der Waals surface area contributed by atoms with Gasteiger partial charge < -0.3 is 15.2 Å². The zero-order chi connectivity index (χ0) is 14.0. The molecule has 1 aliphatic rings. The Morgan fingerprint density at radius 3 is 2.37 bits per heavy atom. The van der Waals surface area contributed by atoms with E-state index >= 15 is 0 Å². The molecule has 5 heteroatoms. The first-order chi connectivity index (χ1) is 9.03. The summed E-state index contributed by atoms with van der Waals surface area (Å²) in [6.07, 6.45) is 4.66. The van der Waals surface area contributed by atoms with Gasteiger partial charge in [-0.05, 0) is 18.9 Å². The molecule has 2 N–H and O–H groups in total. The van der Waals surface area contributed by atoms with Crippen LogP contribution in [-0.4, -0.2) is 14.2 Å². The first-order valence-corrected chi connectivity index (χ1v) is 6.80. The van der Waals surface area contributed by atoms with E-state index in [1.54, 1.807) is 6.07 Å². The predicted octanol–water partition coefficient (Wildman–Crippen LogP) is 3.61. The molecule has 0 unspecified atom stereocenters. The lowest BCUT2D eigenvalue weighted by molar-refractivity contribution is 0.288. The lowest BCUT2D eigenvalue weighted by atomic mass is 9.77. The molecule has 0 spiro atoms. The fraction of sp³-hybridized carbons (Fsp3) is 0.571. The number of hydrogen-bond acceptors (Lipinski definition) is 3. The molecule has 0 amide bonds. The number of halogens is 2. The Hall–Kier alpha value is -1.00. The molecular formula is C14H19ClFNO2. The summed E-state index contributed by atoms with van der Waals surface area (Å²) in [4.78, 5) is 0. The molecule has 0 aromatic heterocycles. The van der Waals surface area contributed by atoms with E-state index in [4.69, 9.17) is 26.8 Å². The van der Waals surface area contributed by atoms with Crippen molar-refractivity contribution in [3.63, 3.8) is 0 Å². The van der Waals surface area contributed by atoms with Crippen LogP contribution >= 0.6 is 11.6 Å². The molecule has 2 rings (SSSR count). The molecule has 0 bridgehead atoms. The van der Waals surface area contributed by atoms with Gasteiger partial charge in [-0.3, -0.25) is 0 Å². The number of benzene rings is 1. The van der Waals surface area contributed by atoms with Crippen LogP contribution in [0.3, 0.4) is 0 Å². The van der Waals surface area contributed by atoms with Crippen molar-refractivity contribution in [2.45, 2.75) is 37.6 Å². The molecule has 19 heavy (non-hydrogen) atoms. The second kappa shape index (κ2) is 5.55. The van der Waals surface area contributed by atoms with Crippen LogP contribution in [-0.2, 0) is 5.54 Å². The SMILES string of the molecule is COc1cc(C2(N)CCCCC2)c(F)c(Cl)c1OC. The fourth-order valence-corrected chi connectivity index (χ4v) is 3.01. The van der Waals surface area contributed by atoms with Crippen LogP contribution in [0.5, 0.6) is 11.5 Å². The maximum atomic E-state index is 14.4. The largest absolute Gasteiger partial charge is 0.493 e. The highest BCUT2D eigenvalue weighted by Crippen LogP contribution is 2.44. The second-order valence-corrected chi connectivity index (χ2v) is 5.38. The summed E-state index contributed by atoms with van der Waals surface area (Å²) in [5, 5.41) is -0.0627. The van der Waals surface area contributed by atoms with E-state index in [-0.39, 0.29) is 10.8 Å². The summed E-state index contributed by atoms with van der Waals surface area (Å²) in [6, 6.07) is 1.62. The summed E-state index contributed by atoms with van der Waals surface area (Å²) in [5.41, 5.74) is 6.13. The number of nitrogens with two attached hydrogens (primary N) is 1. The van der Waals surface area contributed by atoms with Crippen LogP contribution in [0.4, 0.5) is 4.39 Å². The summed E-state index contributed by atoms with van der Waals surface area (Å²) in [5.74, 6) is 0.132. The van der Waals surface area contributed by atoms with Gasteiger partial charge in [0.15, 0.2) is 17.3 Å². The maximum absolute atomic E-state index is 14.4. The second-order valence-electron chi connectivity index (χ2n) is 5.00. The van der Waals surface area contributed by atoms with E-state index in [9.17, 15) is 4.39 Å². The van der Waals surface area contributed by atoms with Gasteiger partial charge in [-0.15, -0.1) is 0 Å². The molecule has 3 nitrogen and oxygen atoms in total. The molecule has 0 radical (unpaired) electrons. The van der Waals surface area contributed by atoms with Crippen LogP contribution in [0.25, 0.3) is 0 Å². The highest BCUT2D eigenvalue weighted by Gasteiger charge is 2.34. The number of rotatable bonds is 3. The van der Waals surface area contributed by atoms with Crippen molar-refractivity contribution >= 4 is 11.6 Å². The average molecular weight is 288 g/mol. The Morgan fingerprint density at radius 1 is 1.21 bits per heavy atom. The van der Waals surface area contributed by atoms with Crippen molar-refractivity contribution in [2.75, 3.05) is 14.2 Å². The number of ether oxygens (including phenoxy) is 2. The molecule has 0 aliphatic heterocycles. The van der Waals surface area contributed by atoms with Crippen molar-refractivity contribution < 1.29 is 13.9 Å². The minimum Gasteiger partial charge on any atom is -0.493 e. The molecule has 1 fully saturated rings. The molecular weight excluding hydrogens is 269 g/mol. The van der Waals surface area contributed by atoms with Gasteiger partial charge in [0.2, 0.25) is 0 Å². The summed E-state index contributed by atoms with van der Waals surface area (Å²) in [7, 11) is 2.93. The summed E-state index contributed by atoms with van der Waals surface area (Å²) in [6.45, 7) is 0. The first kappa shape index (κ1) is 14.4. The van der Waals surface area contributed by atoms with Crippen LogP contribution in [0.15, 0.2) is 6.07 Å². The Morgan fingerprint density at radius 2 is 1.84 bits per heavy atom. The normalized spacial score (nSPS) is 18.2. The van der Waals surface area contributed by atoms with Crippen molar-refractivity contribution in [1.29, 1.82) is 0 Å². The van der Waals surface area contributed by atoms with E-state index in [1.807, 2.05) is 0 Å². The highest BCUT2D eigenvalue weighted by molar-refractivity contribution is 6.32. The van der Waals surface area contributed by atoms with Crippen LogP contribution in [0.2, 0.25) is 5.02 Å². The third-order valence-corrected chi connectivity index (χ3v) is 4.17. The molecule has 1 aromatic rings. The predicted molar refractivity (Wildman–Crippen MR) is 73.5 cm³/mol. The lowest BCUT2D eigenvalue weighted by Crippen LogP contribution is -2.39. The molecule has 1 aliphatic carbocycles. The van der Waals surface area contributed by atoms with Crippen LogP contribution < -0.4 is 15.2 Å². The highest BCUT2D eigenvalue weighted by atomic mass is 35.5. The van der Waals surface area contributed by atoms with Crippen molar-refractivity contribution in [2.24, 2.45) is 5.73 Å². The number of methoxy groups -OCH3 is 2. The van der Waals surface area contributed by atoms with E-state index in [2.05, 4.69) is 0 Å². The van der Waals surface area contributed by atoms with E-state index in [0.717, 1.165) is 32.1 Å². The van der Waals surface area contributed by atoms with Gasteiger partial charge in [0.1, 0.15) is 5.02 Å². The van der Waals surface area contributed by atoms with E-state index in [0.29, 0.717) is 11.3 Å². The molecule has 0 heterocycles. The average Bonchev–Trinajstić information content (AvgIpc) is 2.42. The first-order valence-electron chi connectivity index (χ1n) is 6.43. The standard InChI is InChI=1S/C14H19ClFNO2/c1-18-10-8-9(12(16)11(15)13(10)19-2)14(17)6-4-3-5-7-14/h8H,3-7,17H2,1-2H3. The van der Waals surface area contributed by atoms with Gasteiger partial charge in [-0.1, -0.05) is 30.9 Å². The number of hydrogen-bond donors (Lipinski definition) is 1. The topological polar surface area (TPSA) is 44.5 Å². The Bertz CT molecular complexity index is 473. The quantitative estimate of drug-likeness (QED) is 0.923. The summed E-state index contributed by atoms with van der Waals surface area (Å²) < 4.78 is 24.7. The molecule has 0 atom stereocenters. The van der Waals surface area contributed by atoms with Crippen LogP contribution in [0.1, 0.15) is 37.7 Å². The van der Waals surface area contributed by atoms with E-state index < -0.39 is 11.4 Å². The lowest BCUT2D eigenvalue weighted by Gasteiger charge is -2.34. The van der Waals surface area contributed by atoms with Gasteiger partial charge in [0.05, 0.1) is 14.2 Å². The monoisotopic (exact) mass is 287 g/mol. The van der Waals surface area contributed by atoms with Crippen molar-refractivity contribution in [1.82, 2.24) is 0 Å². The van der Waals surface area contributed by atoms with Gasteiger partial charge in [-0.25, -0.2) is 4.39 Å². The third-order valence-electron chi connectivity index (χ3n) is 3.83. The Kier molecular flexibility index (Phi) is 4.21. The molecule has 0 saturated heterocycles. The van der Waals surface area contributed by atoms with Gasteiger partial charge in [0.25, 0.3) is 0 Å². The van der Waals surface area contributed by atoms with Gasteiger partial charge in [-0.2, -0.15) is 0 Å². The molecule has 1 saturated carbocycles. The van der Waals surface area contributed by atoms with E-state index in [1.165, 1.54) is 14.2 Å². The van der Waals surface area contributed by atoms with Crippen molar-refractivity contribution in [3.05, 3.63) is 22.5 Å². The Labute approximate surface area is 117 Å². The Balaban J connectivity index is 2.54. The third kappa shape index (κ3) is 2.51. The zero-order valence-electron chi connectivity index (χ0n) is 11.3. The smallest absolute Gasteiger partial charge is 0.182 e. The zero-order valence-corrected chi connectivity index (χ0v) is 12.0. The molecule has 1 aromatic carbocycles. The minimum atomic E-state index is -0.661. The minimum absolute atomic E-state index is 0.0627. The molecule has 106 valence electrons. The maximum Gasteiger partial charge on any atom is 0.182 e. The van der Waals surface area contributed by atoms with Gasteiger partial charge in [0, 0.05) is 11.1 Å². The van der Waals surface area contributed by atoms with Gasteiger partial charge >= 0.3 is 0 Å². The van der Waals surface area contributed by atoms with Crippen LogP contribution in [0, 0.1) is 5.82 Å². The summed E-state index contributed by atoms with van der Waals surface area (Å²) >= 11 is 6.03.